The molecule has 2 aromatic rings. The van der Waals surface area contributed by atoms with Crippen molar-refractivity contribution in [1.29, 1.82) is 0 Å². The molecule has 0 saturated heterocycles. The second-order valence-corrected chi connectivity index (χ2v) is 5.82. The molecule has 0 radical (unpaired) electrons. The fraction of sp³-hybridized carbons (Fsp3) is 0.182. The normalized spacial score (nSPS) is 12.6. The summed E-state index contributed by atoms with van der Waals surface area (Å²) in [5, 5.41) is 0.702. The van der Waals surface area contributed by atoms with Gasteiger partial charge in [-0.3, -0.25) is 16.3 Å². The highest BCUT2D eigenvalue weighted by Crippen LogP contribution is 2.29. The first-order chi connectivity index (χ1) is 8.20. The lowest BCUT2D eigenvalue weighted by molar-refractivity contribution is 0.553. The summed E-state index contributed by atoms with van der Waals surface area (Å²) in [6.45, 7) is 0. The third-order valence-electron chi connectivity index (χ3n) is 2.42. The van der Waals surface area contributed by atoms with Crippen molar-refractivity contribution in [3.8, 4) is 0 Å². The van der Waals surface area contributed by atoms with E-state index in [2.05, 4.69) is 26.3 Å². The highest BCUT2D eigenvalue weighted by Gasteiger charge is 2.15. The summed E-state index contributed by atoms with van der Waals surface area (Å²) in [6.07, 6.45) is 2.65. The zero-order valence-electron chi connectivity index (χ0n) is 8.86. The summed E-state index contributed by atoms with van der Waals surface area (Å²) in [5.74, 6) is 5.61. The van der Waals surface area contributed by atoms with Crippen LogP contribution in [0.3, 0.4) is 0 Å². The number of halogens is 2. The maximum atomic E-state index is 6.00. The van der Waals surface area contributed by atoms with Crippen molar-refractivity contribution >= 4 is 38.9 Å². The number of nitrogens with zero attached hydrogens (tertiary/aromatic N) is 1. The van der Waals surface area contributed by atoms with E-state index in [0.29, 0.717) is 5.02 Å². The average molecular weight is 333 g/mol. The minimum Gasteiger partial charge on any atom is -0.271 e. The predicted octanol–water partition coefficient (Wildman–Crippen LogP) is 3.31. The van der Waals surface area contributed by atoms with Crippen LogP contribution in [0.15, 0.2) is 34.4 Å². The zero-order chi connectivity index (χ0) is 12.3. The standard InChI is InChI=1S/C11H11BrClN3S/c12-10-2-1-7(13)3-9(10)11(16-14)4-8-5-15-6-17-8/h1-3,5-6,11,16H,4,14H2. The number of rotatable bonds is 4. The molecular formula is C11H11BrClN3S. The quantitative estimate of drug-likeness (QED) is 0.667. The van der Waals surface area contributed by atoms with Gasteiger partial charge in [0.15, 0.2) is 0 Å². The van der Waals surface area contributed by atoms with E-state index in [0.717, 1.165) is 16.5 Å². The Morgan fingerprint density at radius 1 is 1.53 bits per heavy atom. The van der Waals surface area contributed by atoms with Gasteiger partial charge in [0.2, 0.25) is 0 Å². The smallest absolute Gasteiger partial charge is 0.0794 e. The van der Waals surface area contributed by atoms with E-state index in [1.165, 1.54) is 4.88 Å². The summed E-state index contributed by atoms with van der Waals surface area (Å²) in [6, 6.07) is 5.70. The van der Waals surface area contributed by atoms with Crippen molar-refractivity contribution in [2.45, 2.75) is 12.5 Å². The van der Waals surface area contributed by atoms with Crippen LogP contribution in [-0.4, -0.2) is 4.98 Å². The Morgan fingerprint density at radius 2 is 2.35 bits per heavy atom. The van der Waals surface area contributed by atoms with Crippen molar-refractivity contribution in [1.82, 2.24) is 10.4 Å². The van der Waals surface area contributed by atoms with Crippen LogP contribution in [0, 0.1) is 0 Å². The molecule has 0 aliphatic carbocycles. The molecule has 1 heterocycles. The second-order valence-electron chi connectivity index (χ2n) is 3.56. The Bertz CT molecular complexity index is 489. The molecule has 0 aliphatic rings. The van der Waals surface area contributed by atoms with E-state index in [4.69, 9.17) is 17.4 Å². The lowest BCUT2D eigenvalue weighted by Gasteiger charge is -2.17. The van der Waals surface area contributed by atoms with Crippen molar-refractivity contribution in [2.75, 3.05) is 0 Å². The molecular weight excluding hydrogens is 322 g/mol. The Morgan fingerprint density at radius 3 is 3.00 bits per heavy atom. The average Bonchev–Trinajstić information content (AvgIpc) is 2.82. The maximum Gasteiger partial charge on any atom is 0.0794 e. The number of aromatic nitrogens is 1. The number of thiazole rings is 1. The van der Waals surface area contributed by atoms with Crippen LogP contribution in [0.4, 0.5) is 0 Å². The number of nitrogens with two attached hydrogens (primary N) is 1. The van der Waals surface area contributed by atoms with Crippen LogP contribution in [0.25, 0.3) is 0 Å². The number of nitrogens with one attached hydrogen (secondary N) is 1. The first-order valence-corrected chi connectivity index (χ1v) is 7.04. The van der Waals surface area contributed by atoms with Crippen molar-refractivity contribution in [3.63, 3.8) is 0 Å². The zero-order valence-corrected chi connectivity index (χ0v) is 12.0. The molecule has 1 atom stereocenters. The molecule has 2 rings (SSSR count). The van der Waals surface area contributed by atoms with Gasteiger partial charge in [-0.2, -0.15) is 0 Å². The van der Waals surface area contributed by atoms with Crippen LogP contribution < -0.4 is 11.3 Å². The highest BCUT2D eigenvalue weighted by atomic mass is 79.9. The molecule has 90 valence electrons. The molecule has 1 aromatic heterocycles. The summed E-state index contributed by atoms with van der Waals surface area (Å²) >= 11 is 11.1. The summed E-state index contributed by atoms with van der Waals surface area (Å²) in [5.41, 5.74) is 5.68. The summed E-state index contributed by atoms with van der Waals surface area (Å²) in [7, 11) is 0. The number of hydrogen-bond donors (Lipinski definition) is 2. The monoisotopic (exact) mass is 331 g/mol. The summed E-state index contributed by atoms with van der Waals surface area (Å²) in [4.78, 5) is 5.24. The van der Waals surface area contributed by atoms with E-state index >= 15 is 0 Å². The molecule has 1 unspecified atom stereocenters. The number of hydrogen-bond acceptors (Lipinski definition) is 4. The van der Waals surface area contributed by atoms with Gasteiger partial charge in [0, 0.05) is 27.0 Å². The molecule has 3 nitrogen and oxygen atoms in total. The molecule has 6 heteroatoms. The number of hydrazine groups is 1. The summed E-state index contributed by atoms with van der Waals surface area (Å²) < 4.78 is 0.995. The van der Waals surface area contributed by atoms with Gasteiger partial charge in [-0.15, -0.1) is 11.3 Å². The lowest BCUT2D eigenvalue weighted by Crippen LogP contribution is -2.29. The minimum atomic E-state index is 0.0172. The third-order valence-corrected chi connectivity index (χ3v) is 4.18. The van der Waals surface area contributed by atoms with E-state index in [1.807, 2.05) is 29.9 Å². The van der Waals surface area contributed by atoms with E-state index in [-0.39, 0.29) is 6.04 Å². The third kappa shape index (κ3) is 3.26. The fourth-order valence-corrected chi connectivity index (χ4v) is 2.93. The van der Waals surface area contributed by atoms with Gasteiger partial charge in [0.1, 0.15) is 0 Å². The Kier molecular flexibility index (Phi) is 4.53. The van der Waals surface area contributed by atoms with E-state index in [1.54, 1.807) is 11.3 Å². The molecule has 17 heavy (non-hydrogen) atoms. The van der Waals surface area contributed by atoms with E-state index in [9.17, 15) is 0 Å². The molecule has 0 spiro atoms. The van der Waals surface area contributed by atoms with Crippen LogP contribution in [0.5, 0.6) is 0 Å². The van der Waals surface area contributed by atoms with Crippen molar-refractivity contribution in [3.05, 3.63) is 49.8 Å². The second kappa shape index (κ2) is 5.93. The van der Waals surface area contributed by atoms with Crippen molar-refractivity contribution in [2.24, 2.45) is 5.84 Å². The van der Waals surface area contributed by atoms with Gasteiger partial charge in [-0.05, 0) is 23.8 Å². The maximum absolute atomic E-state index is 6.00. The van der Waals surface area contributed by atoms with Gasteiger partial charge in [-0.1, -0.05) is 27.5 Å². The van der Waals surface area contributed by atoms with Gasteiger partial charge in [0.25, 0.3) is 0 Å². The van der Waals surface area contributed by atoms with Crippen LogP contribution in [0.2, 0.25) is 5.02 Å². The Balaban J connectivity index is 2.25. The van der Waals surface area contributed by atoms with E-state index < -0.39 is 0 Å². The topological polar surface area (TPSA) is 50.9 Å². The molecule has 0 aliphatic heterocycles. The van der Waals surface area contributed by atoms with Crippen LogP contribution in [0.1, 0.15) is 16.5 Å². The minimum absolute atomic E-state index is 0.0172. The highest BCUT2D eigenvalue weighted by molar-refractivity contribution is 9.10. The molecule has 3 N–H and O–H groups in total. The lowest BCUT2D eigenvalue weighted by atomic mass is 10.0. The van der Waals surface area contributed by atoms with Gasteiger partial charge in [0.05, 0.1) is 11.6 Å². The molecule has 0 amide bonds. The molecule has 0 bridgehead atoms. The van der Waals surface area contributed by atoms with Gasteiger partial charge in [-0.25, -0.2) is 0 Å². The molecule has 1 aromatic carbocycles. The SMILES string of the molecule is NNC(Cc1cncs1)c1cc(Cl)ccc1Br. The predicted molar refractivity (Wildman–Crippen MR) is 75.0 cm³/mol. The van der Waals surface area contributed by atoms with Crippen LogP contribution >= 0.6 is 38.9 Å². The van der Waals surface area contributed by atoms with Gasteiger partial charge >= 0.3 is 0 Å². The molecule has 0 fully saturated rings. The fourth-order valence-electron chi connectivity index (χ4n) is 1.58. The molecule has 0 saturated carbocycles. The Labute approximate surface area is 117 Å². The largest absolute Gasteiger partial charge is 0.271 e. The van der Waals surface area contributed by atoms with Crippen LogP contribution in [-0.2, 0) is 6.42 Å². The number of benzene rings is 1. The first kappa shape index (κ1) is 13.0. The first-order valence-electron chi connectivity index (χ1n) is 4.99. The van der Waals surface area contributed by atoms with Gasteiger partial charge < -0.3 is 0 Å². The van der Waals surface area contributed by atoms with Crippen molar-refractivity contribution < 1.29 is 0 Å². The Hall–Kier alpha value is -0.460.